The first-order chi connectivity index (χ1) is 6.04. The maximum atomic E-state index is 10.5. The first-order valence-electron chi connectivity index (χ1n) is 3.79. The van der Waals surface area contributed by atoms with Crippen LogP contribution >= 0.6 is 0 Å². The van der Waals surface area contributed by atoms with E-state index < -0.39 is 10.1 Å². The van der Waals surface area contributed by atoms with E-state index in [1.165, 1.54) is 12.1 Å². The molecule has 6 heteroatoms. The summed E-state index contributed by atoms with van der Waals surface area (Å²) in [6.07, 6.45) is 0.680. The summed E-state index contributed by atoms with van der Waals surface area (Å²) in [7, 11) is -4.32. The maximum absolute atomic E-state index is 10.5. The molecule has 0 aliphatic carbocycles. The van der Waals surface area contributed by atoms with Crippen molar-refractivity contribution >= 4 is 10.1 Å². The van der Waals surface area contributed by atoms with Crippen LogP contribution in [0.3, 0.4) is 0 Å². The van der Waals surface area contributed by atoms with Gasteiger partial charge >= 0.3 is 29.6 Å². The molecule has 0 aliphatic rings. The van der Waals surface area contributed by atoms with Crippen LogP contribution in [0.25, 0.3) is 0 Å². The molecule has 0 fully saturated rings. The van der Waals surface area contributed by atoms with Gasteiger partial charge < -0.3 is 10.3 Å². The Kier molecular flexibility index (Phi) is 5.88. The van der Waals surface area contributed by atoms with Gasteiger partial charge in [-0.05, 0) is 30.7 Å². The van der Waals surface area contributed by atoms with Gasteiger partial charge in [-0.2, -0.15) is 0 Å². The van der Waals surface area contributed by atoms with Crippen LogP contribution in [0.2, 0.25) is 0 Å². The van der Waals surface area contributed by atoms with Gasteiger partial charge in [-0.15, -0.1) is 0 Å². The molecule has 0 bridgehead atoms. The van der Waals surface area contributed by atoms with E-state index in [2.05, 4.69) is 0 Å². The minimum Gasteiger partial charge on any atom is -0.744 e. The van der Waals surface area contributed by atoms with Crippen molar-refractivity contribution in [2.75, 3.05) is 6.54 Å². The summed E-state index contributed by atoms with van der Waals surface area (Å²) in [4.78, 5) is -0.201. The molecule has 0 saturated carbocycles. The predicted octanol–water partition coefficient (Wildman–Crippen LogP) is -2.90. The third kappa shape index (κ3) is 4.08. The van der Waals surface area contributed by atoms with Gasteiger partial charge in [0.2, 0.25) is 0 Å². The SMILES string of the molecule is NCCc1ccc(S(=O)(=O)[O-])cc1.[Na+]. The molecular weight excluding hydrogens is 213 g/mol. The van der Waals surface area contributed by atoms with E-state index in [0.29, 0.717) is 13.0 Å². The van der Waals surface area contributed by atoms with E-state index in [0.717, 1.165) is 5.56 Å². The largest absolute Gasteiger partial charge is 1.00 e. The molecule has 0 radical (unpaired) electrons. The van der Waals surface area contributed by atoms with Gasteiger partial charge in [0.05, 0.1) is 4.90 Å². The molecule has 0 heterocycles. The number of benzene rings is 1. The second-order valence-electron chi connectivity index (χ2n) is 2.64. The number of hydrogen-bond acceptors (Lipinski definition) is 4. The third-order valence-corrected chi connectivity index (χ3v) is 2.49. The van der Waals surface area contributed by atoms with E-state index in [4.69, 9.17) is 5.73 Å². The fourth-order valence-corrected chi connectivity index (χ4v) is 1.46. The van der Waals surface area contributed by atoms with E-state index in [9.17, 15) is 13.0 Å². The summed E-state index contributed by atoms with van der Waals surface area (Å²) in [6.45, 7) is 0.503. The van der Waals surface area contributed by atoms with Gasteiger partial charge in [0.1, 0.15) is 10.1 Å². The van der Waals surface area contributed by atoms with Gasteiger partial charge in [-0.1, -0.05) is 12.1 Å². The Morgan fingerprint density at radius 3 is 2.07 bits per heavy atom. The molecule has 0 atom stereocenters. The van der Waals surface area contributed by atoms with Crippen LogP contribution in [0.5, 0.6) is 0 Å². The topological polar surface area (TPSA) is 83.2 Å². The van der Waals surface area contributed by atoms with Crippen molar-refractivity contribution in [1.82, 2.24) is 0 Å². The molecule has 2 N–H and O–H groups in total. The molecule has 4 nitrogen and oxygen atoms in total. The van der Waals surface area contributed by atoms with Crippen molar-refractivity contribution in [2.24, 2.45) is 5.73 Å². The molecule has 0 spiro atoms. The summed E-state index contributed by atoms with van der Waals surface area (Å²) < 4.78 is 31.6. The molecule has 1 aromatic carbocycles. The average molecular weight is 223 g/mol. The van der Waals surface area contributed by atoms with Gasteiger partial charge in [0.15, 0.2) is 0 Å². The van der Waals surface area contributed by atoms with Crippen LogP contribution < -0.4 is 35.3 Å². The van der Waals surface area contributed by atoms with Crippen molar-refractivity contribution < 1.29 is 42.5 Å². The minimum absolute atomic E-state index is 0. The third-order valence-electron chi connectivity index (χ3n) is 1.65. The average Bonchev–Trinajstić information content (AvgIpc) is 2.04. The molecule has 0 saturated heterocycles. The monoisotopic (exact) mass is 223 g/mol. The first kappa shape index (κ1) is 14.1. The molecule has 1 aromatic rings. The quantitative estimate of drug-likeness (QED) is 0.440. The van der Waals surface area contributed by atoms with E-state index in [-0.39, 0.29) is 34.5 Å². The fourth-order valence-electron chi connectivity index (χ4n) is 0.989. The molecule has 0 aliphatic heterocycles. The summed E-state index contributed by atoms with van der Waals surface area (Å²) in [5, 5.41) is 0. The van der Waals surface area contributed by atoms with Crippen LogP contribution in [0, 0.1) is 0 Å². The van der Waals surface area contributed by atoms with E-state index in [1.807, 2.05) is 0 Å². The number of rotatable bonds is 3. The van der Waals surface area contributed by atoms with Crippen molar-refractivity contribution in [2.45, 2.75) is 11.3 Å². The Balaban J connectivity index is 0.00000169. The Labute approximate surface area is 106 Å². The van der Waals surface area contributed by atoms with Gasteiger partial charge in [-0.3, -0.25) is 0 Å². The summed E-state index contributed by atoms with van der Waals surface area (Å²) >= 11 is 0. The zero-order valence-electron chi connectivity index (χ0n) is 7.93. The zero-order chi connectivity index (χ0) is 9.90. The predicted molar refractivity (Wildman–Crippen MR) is 47.2 cm³/mol. The fraction of sp³-hybridized carbons (Fsp3) is 0.250. The normalized spacial score (nSPS) is 10.7. The second kappa shape index (κ2) is 5.85. The van der Waals surface area contributed by atoms with Crippen LogP contribution in [-0.2, 0) is 16.5 Å². The van der Waals surface area contributed by atoms with Crippen molar-refractivity contribution in [3.63, 3.8) is 0 Å². The molecular formula is C8H10NNaO3S. The molecule has 14 heavy (non-hydrogen) atoms. The van der Waals surface area contributed by atoms with Crippen molar-refractivity contribution in [3.05, 3.63) is 29.8 Å². The number of nitrogens with two attached hydrogens (primary N) is 1. The zero-order valence-corrected chi connectivity index (χ0v) is 10.8. The van der Waals surface area contributed by atoms with Crippen LogP contribution in [0.15, 0.2) is 29.2 Å². The van der Waals surface area contributed by atoms with Crippen LogP contribution in [0.4, 0.5) is 0 Å². The second-order valence-corrected chi connectivity index (χ2v) is 4.02. The van der Waals surface area contributed by atoms with Gasteiger partial charge in [-0.25, -0.2) is 8.42 Å². The molecule has 1 rings (SSSR count). The van der Waals surface area contributed by atoms with Crippen molar-refractivity contribution in [1.29, 1.82) is 0 Å². The molecule has 0 unspecified atom stereocenters. The van der Waals surface area contributed by atoms with Crippen LogP contribution in [-0.4, -0.2) is 19.5 Å². The molecule has 72 valence electrons. The summed E-state index contributed by atoms with van der Waals surface area (Å²) in [5.74, 6) is 0. The summed E-state index contributed by atoms with van der Waals surface area (Å²) in [6, 6.07) is 5.79. The maximum Gasteiger partial charge on any atom is 1.00 e. The number of hydrogen-bond donors (Lipinski definition) is 1. The Morgan fingerprint density at radius 2 is 1.71 bits per heavy atom. The Morgan fingerprint density at radius 1 is 1.21 bits per heavy atom. The summed E-state index contributed by atoms with van der Waals surface area (Å²) in [5.41, 5.74) is 6.23. The minimum atomic E-state index is -4.32. The smallest absolute Gasteiger partial charge is 0.744 e. The molecule has 0 amide bonds. The Hall–Kier alpha value is 0.0900. The first-order valence-corrected chi connectivity index (χ1v) is 5.20. The molecule has 0 aromatic heterocycles. The van der Waals surface area contributed by atoms with E-state index in [1.54, 1.807) is 12.1 Å². The van der Waals surface area contributed by atoms with Gasteiger partial charge in [0, 0.05) is 0 Å². The Bertz CT molecular complexity index is 374. The van der Waals surface area contributed by atoms with Gasteiger partial charge in [0.25, 0.3) is 0 Å². The van der Waals surface area contributed by atoms with Crippen molar-refractivity contribution in [3.8, 4) is 0 Å². The van der Waals surface area contributed by atoms with E-state index >= 15 is 0 Å². The van der Waals surface area contributed by atoms with Crippen LogP contribution in [0.1, 0.15) is 5.56 Å². The standard InChI is InChI=1S/C8H11NO3S.Na/c9-6-5-7-1-3-8(4-2-7)13(10,11)12;/h1-4H,5-6,9H2,(H,10,11,12);/q;+1/p-1.